The fraction of sp³-hybridized carbons (Fsp3) is 0.529. The summed E-state index contributed by atoms with van der Waals surface area (Å²) >= 11 is 3.65. The lowest BCUT2D eigenvalue weighted by Gasteiger charge is -2.25. The molecule has 1 aliphatic heterocycles. The number of ether oxygens (including phenoxy) is 1. The fourth-order valence-corrected chi connectivity index (χ4v) is 2.92. The molecular formula is C17H24BrNO. The quantitative estimate of drug-likeness (QED) is 0.833. The molecule has 1 atom stereocenters. The number of benzene rings is 1. The molecule has 3 heteroatoms. The summed E-state index contributed by atoms with van der Waals surface area (Å²) < 4.78 is 6.75. The summed E-state index contributed by atoms with van der Waals surface area (Å²) in [6.45, 7) is 8.39. The highest BCUT2D eigenvalue weighted by Crippen LogP contribution is 2.31. The highest BCUT2D eigenvalue weighted by molar-refractivity contribution is 9.10. The second-order valence-corrected chi connectivity index (χ2v) is 6.32. The van der Waals surface area contributed by atoms with E-state index < -0.39 is 0 Å². The van der Waals surface area contributed by atoms with Crippen LogP contribution in [0.2, 0.25) is 0 Å². The van der Waals surface area contributed by atoms with Crippen molar-refractivity contribution in [1.29, 1.82) is 0 Å². The van der Waals surface area contributed by atoms with E-state index in [1.807, 2.05) is 6.26 Å². The Kier molecular flexibility index (Phi) is 5.67. The Morgan fingerprint density at radius 1 is 1.30 bits per heavy atom. The fourth-order valence-electron chi connectivity index (χ4n) is 2.69. The van der Waals surface area contributed by atoms with Gasteiger partial charge >= 0.3 is 0 Å². The molecule has 0 spiro atoms. The van der Waals surface area contributed by atoms with Gasteiger partial charge in [0.15, 0.2) is 0 Å². The first kappa shape index (κ1) is 15.6. The predicted octanol–water partition coefficient (Wildman–Crippen LogP) is 4.80. The van der Waals surface area contributed by atoms with Gasteiger partial charge in [0.1, 0.15) is 0 Å². The van der Waals surface area contributed by atoms with Gasteiger partial charge in [0.05, 0.1) is 18.9 Å². The van der Waals surface area contributed by atoms with E-state index in [2.05, 4.69) is 54.2 Å². The van der Waals surface area contributed by atoms with Crippen LogP contribution in [-0.2, 0) is 4.74 Å². The third kappa shape index (κ3) is 3.64. The number of hydrogen-bond acceptors (Lipinski definition) is 2. The van der Waals surface area contributed by atoms with Crippen molar-refractivity contribution < 1.29 is 4.74 Å². The molecule has 110 valence electrons. The smallest absolute Gasteiger partial charge is 0.0876 e. The third-order valence-corrected chi connectivity index (χ3v) is 4.97. The van der Waals surface area contributed by atoms with Crippen LogP contribution >= 0.6 is 15.9 Å². The summed E-state index contributed by atoms with van der Waals surface area (Å²) in [5.74, 6) is 0. The Balaban J connectivity index is 2.32. The molecule has 1 aromatic rings. The van der Waals surface area contributed by atoms with Crippen molar-refractivity contribution in [3.05, 3.63) is 45.1 Å². The van der Waals surface area contributed by atoms with Gasteiger partial charge < -0.3 is 10.1 Å². The molecule has 1 aromatic carbocycles. The zero-order valence-electron chi connectivity index (χ0n) is 12.6. The van der Waals surface area contributed by atoms with E-state index in [1.54, 1.807) is 0 Å². The summed E-state index contributed by atoms with van der Waals surface area (Å²) in [7, 11) is 0. The Morgan fingerprint density at radius 2 is 2.00 bits per heavy atom. The van der Waals surface area contributed by atoms with Crippen LogP contribution in [0.1, 0.15) is 48.9 Å². The van der Waals surface area contributed by atoms with Gasteiger partial charge in [0.25, 0.3) is 0 Å². The van der Waals surface area contributed by atoms with Crippen LogP contribution in [-0.4, -0.2) is 13.2 Å². The van der Waals surface area contributed by atoms with Gasteiger partial charge in [0, 0.05) is 4.47 Å². The van der Waals surface area contributed by atoms with Gasteiger partial charge in [-0.3, -0.25) is 0 Å². The van der Waals surface area contributed by atoms with E-state index in [1.165, 1.54) is 26.7 Å². The molecule has 20 heavy (non-hydrogen) atoms. The maximum Gasteiger partial charge on any atom is 0.0876 e. The van der Waals surface area contributed by atoms with Crippen molar-refractivity contribution in [2.75, 3.05) is 13.2 Å². The van der Waals surface area contributed by atoms with Crippen molar-refractivity contribution in [3.8, 4) is 0 Å². The van der Waals surface area contributed by atoms with Gasteiger partial charge in [-0.15, -0.1) is 0 Å². The van der Waals surface area contributed by atoms with Crippen LogP contribution < -0.4 is 5.32 Å². The Labute approximate surface area is 130 Å². The molecule has 0 bridgehead atoms. The number of hydrogen-bond donors (Lipinski definition) is 1. The van der Waals surface area contributed by atoms with Gasteiger partial charge in [-0.2, -0.15) is 0 Å². The Hall–Kier alpha value is -0.800. The summed E-state index contributed by atoms with van der Waals surface area (Å²) in [4.78, 5) is 0. The van der Waals surface area contributed by atoms with Crippen LogP contribution in [0.4, 0.5) is 0 Å². The third-order valence-electron chi connectivity index (χ3n) is 3.72. The van der Waals surface area contributed by atoms with E-state index in [-0.39, 0.29) is 6.04 Å². The predicted molar refractivity (Wildman–Crippen MR) is 87.9 cm³/mol. The van der Waals surface area contributed by atoms with Crippen molar-refractivity contribution in [1.82, 2.24) is 5.32 Å². The van der Waals surface area contributed by atoms with Crippen molar-refractivity contribution in [2.24, 2.45) is 0 Å². The average molecular weight is 338 g/mol. The average Bonchev–Trinajstić information content (AvgIpc) is 2.46. The normalized spacial score (nSPS) is 16.5. The van der Waals surface area contributed by atoms with E-state index >= 15 is 0 Å². The maximum atomic E-state index is 5.54. The van der Waals surface area contributed by atoms with Crippen LogP contribution in [0, 0.1) is 13.8 Å². The second kappa shape index (κ2) is 7.28. The number of rotatable bonds is 5. The maximum absolute atomic E-state index is 5.54. The lowest BCUT2D eigenvalue weighted by Crippen LogP contribution is -2.25. The zero-order chi connectivity index (χ0) is 14.5. The second-order valence-electron chi connectivity index (χ2n) is 5.52. The summed E-state index contributed by atoms with van der Waals surface area (Å²) in [6, 6.07) is 4.83. The van der Waals surface area contributed by atoms with Crippen LogP contribution in [0.3, 0.4) is 0 Å². The molecule has 1 heterocycles. The monoisotopic (exact) mass is 337 g/mol. The first-order valence-corrected chi connectivity index (χ1v) is 8.23. The minimum atomic E-state index is 0.278. The first-order chi connectivity index (χ1) is 9.63. The highest BCUT2D eigenvalue weighted by atomic mass is 79.9. The van der Waals surface area contributed by atoms with E-state index in [0.717, 1.165) is 32.4 Å². The molecule has 2 rings (SSSR count). The van der Waals surface area contributed by atoms with Crippen LogP contribution in [0.15, 0.2) is 28.4 Å². The molecule has 0 saturated carbocycles. The number of nitrogens with one attached hydrogen (secondary N) is 1. The molecule has 0 aliphatic carbocycles. The minimum absolute atomic E-state index is 0.278. The van der Waals surface area contributed by atoms with Crippen molar-refractivity contribution in [3.63, 3.8) is 0 Å². The number of halogens is 1. The Morgan fingerprint density at radius 3 is 2.55 bits per heavy atom. The largest absolute Gasteiger partial charge is 0.501 e. The van der Waals surface area contributed by atoms with Crippen LogP contribution in [0.25, 0.3) is 0 Å². The summed E-state index contributed by atoms with van der Waals surface area (Å²) in [5.41, 5.74) is 5.29. The highest BCUT2D eigenvalue weighted by Gasteiger charge is 2.19. The first-order valence-electron chi connectivity index (χ1n) is 7.44. The summed E-state index contributed by atoms with van der Waals surface area (Å²) in [5, 5.41) is 3.67. The summed E-state index contributed by atoms with van der Waals surface area (Å²) in [6.07, 6.45) is 5.34. The van der Waals surface area contributed by atoms with E-state index in [4.69, 9.17) is 4.74 Å². The lowest BCUT2D eigenvalue weighted by atomic mass is 9.93. The van der Waals surface area contributed by atoms with Gasteiger partial charge in [-0.05, 0) is 61.9 Å². The molecule has 0 amide bonds. The zero-order valence-corrected chi connectivity index (χ0v) is 14.2. The van der Waals surface area contributed by atoms with Crippen molar-refractivity contribution in [2.45, 2.75) is 46.1 Å². The van der Waals surface area contributed by atoms with Crippen LogP contribution in [0.5, 0.6) is 0 Å². The molecule has 0 saturated heterocycles. The molecule has 0 fully saturated rings. The molecule has 1 unspecified atom stereocenters. The van der Waals surface area contributed by atoms with Gasteiger partial charge in [0.2, 0.25) is 0 Å². The molecule has 2 nitrogen and oxygen atoms in total. The SMILES string of the molecule is CCCNC(C1=COCCC1)c1cc(C)c(Br)c(C)c1. The van der Waals surface area contributed by atoms with Crippen molar-refractivity contribution >= 4 is 15.9 Å². The molecule has 1 aliphatic rings. The van der Waals surface area contributed by atoms with Gasteiger partial charge in [-0.25, -0.2) is 0 Å². The van der Waals surface area contributed by atoms with E-state index in [9.17, 15) is 0 Å². The molecule has 0 aromatic heterocycles. The molecular weight excluding hydrogens is 314 g/mol. The topological polar surface area (TPSA) is 21.3 Å². The lowest BCUT2D eigenvalue weighted by molar-refractivity contribution is 0.219. The standard InChI is InChI=1S/C17H24BrNO/c1-4-7-19-17(14-6-5-8-20-11-14)15-9-12(2)16(18)13(3)10-15/h9-11,17,19H,4-8H2,1-3H3. The molecule has 0 radical (unpaired) electrons. The molecule has 1 N–H and O–H groups in total. The number of aryl methyl sites for hydroxylation is 2. The van der Waals surface area contributed by atoms with Gasteiger partial charge in [-0.1, -0.05) is 35.0 Å². The minimum Gasteiger partial charge on any atom is -0.501 e. The van der Waals surface area contributed by atoms with E-state index in [0.29, 0.717) is 0 Å². The Bertz CT molecular complexity index is 473.